The van der Waals surface area contributed by atoms with Gasteiger partial charge in [0.25, 0.3) is 0 Å². The number of rotatable bonds is 10. The Balaban J connectivity index is 1.10. The topological polar surface area (TPSA) is 65.1 Å². The lowest BCUT2D eigenvalue weighted by Crippen LogP contribution is -2.48. The molecule has 1 N–H and O–H groups in total. The van der Waals surface area contributed by atoms with Crippen LogP contribution in [-0.4, -0.2) is 68.3 Å². The second kappa shape index (κ2) is 13.4. The van der Waals surface area contributed by atoms with Crippen LogP contribution in [0.2, 0.25) is 0 Å². The molecule has 3 aromatic carbocycles. The Kier molecular flexibility index (Phi) is 9.46. The van der Waals surface area contributed by atoms with Crippen molar-refractivity contribution >= 4 is 35.0 Å². The predicted octanol–water partition coefficient (Wildman–Crippen LogP) is 4.81. The van der Waals surface area contributed by atoms with Crippen molar-refractivity contribution in [3.8, 4) is 5.75 Å². The fraction of sp³-hybridized carbons (Fsp3) is 0.375. The van der Waals surface area contributed by atoms with Gasteiger partial charge in [-0.25, -0.2) is 4.39 Å². The minimum absolute atomic E-state index is 0.101. The fourth-order valence-corrected chi connectivity index (χ4v) is 6.61. The number of ether oxygens (including phenoxy) is 1. The largest absolute Gasteiger partial charge is 0.497 e. The number of benzene rings is 3. The molecule has 0 unspecified atom stereocenters. The van der Waals surface area contributed by atoms with Gasteiger partial charge in [-0.3, -0.25) is 14.5 Å². The number of hydrogen-bond donors (Lipinski definition) is 1. The molecular formula is C32H37FN4O3S. The number of nitrogens with zero attached hydrogens (tertiary/aromatic N) is 3. The number of amides is 2. The molecule has 0 aromatic heterocycles. The molecule has 2 atom stereocenters. The van der Waals surface area contributed by atoms with Crippen molar-refractivity contribution in [2.45, 2.75) is 30.0 Å². The van der Waals surface area contributed by atoms with Gasteiger partial charge in [-0.15, -0.1) is 11.8 Å². The predicted molar refractivity (Wildman–Crippen MR) is 162 cm³/mol. The summed E-state index contributed by atoms with van der Waals surface area (Å²) >= 11 is 1.45. The lowest BCUT2D eigenvalue weighted by molar-refractivity contribution is -0.128. The molecule has 5 rings (SSSR count). The Labute approximate surface area is 245 Å². The van der Waals surface area contributed by atoms with E-state index >= 15 is 0 Å². The maximum atomic E-state index is 13.6. The van der Waals surface area contributed by atoms with Crippen molar-refractivity contribution in [1.82, 2.24) is 10.2 Å². The Morgan fingerprint density at radius 3 is 2.44 bits per heavy atom. The zero-order chi connectivity index (χ0) is 28.8. The molecule has 0 spiro atoms. The zero-order valence-electron chi connectivity index (χ0n) is 23.6. The van der Waals surface area contributed by atoms with E-state index < -0.39 is 11.2 Å². The van der Waals surface area contributed by atoms with E-state index in [4.69, 9.17) is 4.74 Å². The van der Waals surface area contributed by atoms with Gasteiger partial charge in [0.1, 0.15) is 16.8 Å². The summed E-state index contributed by atoms with van der Waals surface area (Å²) in [6, 6.07) is 22.1. The molecule has 0 bridgehead atoms. The first-order valence-electron chi connectivity index (χ1n) is 14.1. The van der Waals surface area contributed by atoms with Gasteiger partial charge in [-0.05, 0) is 67.1 Å². The van der Waals surface area contributed by atoms with E-state index in [0.29, 0.717) is 13.1 Å². The summed E-state index contributed by atoms with van der Waals surface area (Å²) in [7, 11) is 1.68. The van der Waals surface area contributed by atoms with Crippen molar-refractivity contribution in [3.63, 3.8) is 0 Å². The summed E-state index contributed by atoms with van der Waals surface area (Å²) in [6.45, 7) is 7.53. The lowest BCUT2D eigenvalue weighted by atomic mass is 10.0. The molecule has 216 valence electrons. The monoisotopic (exact) mass is 576 g/mol. The normalized spacial score (nSPS) is 18.1. The highest BCUT2D eigenvalue weighted by atomic mass is 32.2. The summed E-state index contributed by atoms with van der Waals surface area (Å²) in [5, 5.41) is 2.54. The second-order valence-corrected chi connectivity index (χ2v) is 11.7. The van der Waals surface area contributed by atoms with Gasteiger partial charge in [0.05, 0.1) is 25.3 Å². The van der Waals surface area contributed by atoms with Crippen LogP contribution in [0.1, 0.15) is 18.9 Å². The average Bonchev–Trinajstić information content (AvgIpc) is 3.01. The molecule has 2 aliphatic rings. The summed E-state index contributed by atoms with van der Waals surface area (Å²) in [5.74, 6) is -0.155. The highest BCUT2D eigenvalue weighted by Crippen LogP contribution is 2.42. The molecule has 2 aliphatic heterocycles. The third kappa shape index (κ3) is 7.02. The van der Waals surface area contributed by atoms with E-state index in [2.05, 4.69) is 27.2 Å². The average molecular weight is 577 g/mol. The Bertz CT molecular complexity index is 1330. The minimum atomic E-state index is -0.531. The number of carbonyl (C=O) groups is 2. The van der Waals surface area contributed by atoms with Crippen LogP contribution in [0.3, 0.4) is 0 Å². The third-order valence-corrected chi connectivity index (χ3v) is 9.26. The number of halogens is 1. The van der Waals surface area contributed by atoms with Crippen LogP contribution in [0.5, 0.6) is 5.75 Å². The summed E-state index contributed by atoms with van der Waals surface area (Å²) < 4.78 is 18.7. The Morgan fingerprint density at radius 2 is 1.73 bits per heavy atom. The molecule has 0 aliphatic carbocycles. The van der Waals surface area contributed by atoms with Gasteiger partial charge >= 0.3 is 0 Å². The number of para-hydroxylation sites is 1. The number of anilines is 2. The molecule has 0 radical (unpaired) electrons. The first-order chi connectivity index (χ1) is 19.9. The van der Waals surface area contributed by atoms with Gasteiger partial charge in [0, 0.05) is 43.3 Å². The van der Waals surface area contributed by atoms with Gasteiger partial charge in [0.2, 0.25) is 11.8 Å². The number of hydrogen-bond acceptors (Lipinski definition) is 6. The van der Waals surface area contributed by atoms with Gasteiger partial charge in [-0.1, -0.05) is 31.2 Å². The molecule has 7 nitrogen and oxygen atoms in total. The quantitative estimate of drug-likeness (QED) is 0.350. The maximum absolute atomic E-state index is 13.6. The van der Waals surface area contributed by atoms with Crippen molar-refractivity contribution < 1.29 is 18.7 Å². The van der Waals surface area contributed by atoms with Crippen LogP contribution in [0, 0.1) is 11.7 Å². The number of piperazine rings is 1. The van der Waals surface area contributed by atoms with Crippen molar-refractivity contribution in [2.24, 2.45) is 5.92 Å². The van der Waals surface area contributed by atoms with E-state index in [9.17, 15) is 14.0 Å². The first-order valence-corrected chi connectivity index (χ1v) is 15.0. The van der Waals surface area contributed by atoms with Gasteiger partial charge in [-0.2, -0.15) is 0 Å². The zero-order valence-corrected chi connectivity index (χ0v) is 24.4. The van der Waals surface area contributed by atoms with Crippen LogP contribution >= 0.6 is 11.8 Å². The van der Waals surface area contributed by atoms with Crippen LogP contribution < -0.4 is 19.9 Å². The highest BCUT2D eigenvalue weighted by Gasteiger charge is 2.39. The van der Waals surface area contributed by atoms with Crippen LogP contribution in [0.4, 0.5) is 15.8 Å². The Morgan fingerprint density at radius 1 is 1.02 bits per heavy atom. The Hall–Kier alpha value is -3.56. The summed E-state index contributed by atoms with van der Waals surface area (Å²) in [4.78, 5) is 34.3. The molecule has 41 heavy (non-hydrogen) atoms. The SMILES string of the molecule is COc1ccc(N2CCN(CCCNC(=O)[C@@H](C)[C@H]3Sc4ccccc4N(Cc4ccc(F)cc4)C3=O)CC2)cc1. The molecule has 2 heterocycles. The second-order valence-electron chi connectivity index (χ2n) is 10.5. The highest BCUT2D eigenvalue weighted by molar-refractivity contribution is 8.01. The van der Waals surface area contributed by atoms with Gasteiger partial charge in [0.15, 0.2) is 0 Å². The number of fused-ring (bicyclic) bond motifs is 1. The smallest absolute Gasteiger partial charge is 0.241 e. The molecule has 0 saturated carbocycles. The van der Waals surface area contributed by atoms with E-state index in [1.807, 2.05) is 43.3 Å². The number of nitrogens with one attached hydrogen (secondary N) is 1. The summed E-state index contributed by atoms with van der Waals surface area (Å²) in [5.41, 5.74) is 2.87. The maximum Gasteiger partial charge on any atom is 0.241 e. The minimum Gasteiger partial charge on any atom is -0.497 e. The molecule has 1 saturated heterocycles. The van der Waals surface area contributed by atoms with Gasteiger partial charge < -0.3 is 19.9 Å². The van der Waals surface area contributed by atoms with Crippen molar-refractivity contribution in [2.75, 3.05) is 56.2 Å². The standard InChI is InChI=1S/C32H37FN4O3S/c1-23(30-32(39)37(22-24-8-10-25(33)11-9-24)28-6-3-4-7-29(28)41-30)31(38)34-16-5-17-35-18-20-36(21-19-35)26-12-14-27(40-2)15-13-26/h3-4,6-15,23,30H,5,16-22H2,1-2H3,(H,34,38)/t23-,30+/m0/s1. The summed E-state index contributed by atoms with van der Waals surface area (Å²) in [6.07, 6.45) is 0.853. The lowest BCUT2D eigenvalue weighted by Gasteiger charge is -2.36. The number of carbonyl (C=O) groups excluding carboxylic acids is 2. The van der Waals surface area contributed by atoms with E-state index in [-0.39, 0.29) is 17.6 Å². The molecule has 2 amide bonds. The molecular weight excluding hydrogens is 539 g/mol. The number of methoxy groups -OCH3 is 1. The van der Waals surface area contributed by atoms with E-state index in [1.165, 1.54) is 29.6 Å². The fourth-order valence-electron chi connectivity index (χ4n) is 5.33. The van der Waals surface area contributed by atoms with E-state index in [1.54, 1.807) is 24.1 Å². The molecule has 1 fully saturated rings. The van der Waals surface area contributed by atoms with Crippen LogP contribution in [-0.2, 0) is 16.1 Å². The van der Waals surface area contributed by atoms with Crippen LogP contribution in [0.15, 0.2) is 77.7 Å². The molecule has 9 heteroatoms. The van der Waals surface area contributed by atoms with Crippen molar-refractivity contribution in [1.29, 1.82) is 0 Å². The number of thioether (sulfide) groups is 1. The van der Waals surface area contributed by atoms with E-state index in [0.717, 1.165) is 61.0 Å². The van der Waals surface area contributed by atoms with Crippen LogP contribution in [0.25, 0.3) is 0 Å². The first kappa shape index (κ1) is 29.0. The van der Waals surface area contributed by atoms with Crippen molar-refractivity contribution in [3.05, 3.63) is 84.2 Å². The third-order valence-electron chi connectivity index (χ3n) is 7.80. The molecule has 3 aromatic rings.